The monoisotopic (exact) mass is 306 g/mol. The van der Waals surface area contributed by atoms with Crippen LogP contribution in [0, 0.1) is 11.6 Å². The van der Waals surface area contributed by atoms with E-state index < -0.39 is 11.6 Å². The number of aromatic amines is 1. The van der Waals surface area contributed by atoms with Crippen LogP contribution in [0.25, 0.3) is 22.5 Å². The summed E-state index contributed by atoms with van der Waals surface area (Å²) in [5.74, 6) is -1.26. The van der Waals surface area contributed by atoms with Gasteiger partial charge < -0.3 is 5.73 Å². The maximum absolute atomic E-state index is 14.1. The van der Waals surface area contributed by atoms with Gasteiger partial charge in [0, 0.05) is 11.8 Å². The van der Waals surface area contributed by atoms with Gasteiger partial charge in [0.05, 0.1) is 22.0 Å². The number of halogens is 3. The molecule has 21 heavy (non-hydrogen) atoms. The molecule has 0 unspecified atom stereocenters. The van der Waals surface area contributed by atoms with E-state index >= 15 is 0 Å². The van der Waals surface area contributed by atoms with Crippen LogP contribution in [-0.2, 0) is 0 Å². The Bertz CT molecular complexity index is 802. The highest BCUT2D eigenvalue weighted by Crippen LogP contribution is 2.36. The van der Waals surface area contributed by atoms with Gasteiger partial charge in [-0.25, -0.2) is 8.78 Å². The molecule has 0 radical (unpaired) electrons. The van der Waals surface area contributed by atoms with Gasteiger partial charge in [-0.15, -0.1) is 0 Å². The summed E-state index contributed by atoms with van der Waals surface area (Å²) in [6, 6.07) is 7.11. The molecule has 1 aromatic carbocycles. The minimum atomic E-state index is -0.729. The highest BCUT2D eigenvalue weighted by Gasteiger charge is 2.20. The van der Waals surface area contributed by atoms with Crippen LogP contribution in [0.4, 0.5) is 14.6 Å². The summed E-state index contributed by atoms with van der Waals surface area (Å²) in [4.78, 5) is 4.16. The molecule has 0 aliphatic rings. The number of aromatic nitrogens is 3. The van der Waals surface area contributed by atoms with Gasteiger partial charge >= 0.3 is 0 Å². The average molecular weight is 307 g/mol. The van der Waals surface area contributed by atoms with Crippen LogP contribution in [0.15, 0.2) is 36.5 Å². The number of H-pyrrole nitrogens is 1. The van der Waals surface area contributed by atoms with Crippen LogP contribution in [0.5, 0.6) is 0 Å². The van der Waals surface area contributed by atoms with Gasteiger partial charge in [-0.2, -0.15) is 5.10 Å². The molecule has 0 atom stereocenters. The standard InChI is InChI=1S/C14H9ClF2N4/c15-8-6-9(16)7(5-10(8)17)13-12(14(18)21-20-13)11-3-1-2-4-19-11/h1-6H,(H3,18,20,21). The van der Waals surface area contributed by atoms with Crippen LogP contribution < -0.4 is 5.73 Å². The molecule has 3 rings (SSSR count). The lowest BCUT2D eigenvalue weighted by molar-refractivity contribution is 0.603. The van der Waals surface area contributed by atoms with Crippen molar-refractivity contribution in [3.63, 3.8) is 0 Å². The number of pyridine rings is 1. The van der Waals surface area contributed by atoms with Crippen molar-refractivity contribution in [2.75, 3.05) is 5.73 Å². The van der Waals surface area contributed by atoms with Gasteiger partial charge in [0.1, 0.15) is 11.6 Å². The van der Waals surface area contributed by atoms with Crippen molar-refractivity contribution in [2.24, 2.45) is 0 Å². The molecular weight excluding hydrogens is 298 g/mol. The maximum Gasteiger partial charge on any atom is 0.155 e. The van der Waals surface area contributed by atoms with Crippen LogP contribution in [-0.4, -0.2) is 15.2 Å². The molecule has 0 amide bonds. The largest absolute Gasteiger partial charge is 0.382 e. The Morgan fingerprint density at radius 3 is 2.67 bits per heavy atom. The van der Waals surface area contributed by atoms with Crippen LogP contribution in [0.3, 0.4) is 0 Å². The van der Waals surface area contributed by atoms with Crippen molar-refractivity contribution in [3.8, 4) is 22.5 Å². The van der Waals surface area contributed by atoms with E-state index in [4.69, 9.17) is 17.3 Å². The number of nitrogens with two attached hydrogens (primary N) is 1. The molecule has 0 spiro atoms. The van der Waals surface area contributed by atoms with Gasteiger partial charge in [0.2, 0.25) is 0 Å². The first-order chi connectivity index (χ1) is 10.1. The molecule has 3 N–H and O–H groups in total. The molecule has 7 heteroatoms. The topological polar surface area (TPSA) is 67.6 Å². The second-order valence-corrected chi connectivity index (χ2v) is 4.73. The Morgan fingerprint density at radius 1 is 1.14 bits per heavy atom. The molecule has 0 aliphatic carbocycles. The lowest BCUT2D eigenvalue weighted by Crippen LogP contribution is -1.93. The number of anilines is 1. The average Bonchev–Trinajstić information content (AvgIpc) is 2.85. The Hall–Kier alpha value is -2.47. The third-order valence-corrected chi connectivity index (χ3v) is 3.28. The SMILES string of the molecule is Nc1n[nH]c(-c2cc(F)c(Cl)cc2F)c1-c1ccccn1. The van der Waals surface area contributed by atoms with E-state index in [2.05, 4.69) is 15.2 Å². The molecule has 2 aromatic heterocycles. The third kappa shape index (κ3) is 2.34. The summed E-state index contributed by atoms with van der Waals surface area (Å²) < 4.78 is 27.7. The highest BCUT2D eigenvalue weighted by molar-refractivity contribution is 6.30. The summed E-state index contributed by atoms with van der Waals surface area (Å²) in [6.07, 6.45) is 1.57. The summed E-state index contributed by atoms with van der Waals surface area (Å²) in [5, 5.41) is 6.18. The summed E-state index contributed by atoms with van der Waals surface area (Å²) in [7, 11) is 0. The summed E-state index contributed by atoms with van der Waals surface area (Å²) in [5.41, 5.74) is 6.96. The van der Waals surface area contributed by atoms with Crippen LogP contribution >= 0.6 is 11.6 Å². The molecule has 106 valence electrons. The molecule has 0 saturated heterocycles. The number of rotatable bonds is 2. The summed E-state index contributed by atoms with van der Waals surface area (Å²) >= 11 is 5.56. The first-order valence-electron chi connectivity index (χ1n) is 5.98. The van der Waals surface area contributed by atoms with E-state index in [1.54, 1.807) is 24.4 Å². The van der Waals surface area contributed by atoms with E-state index in [1.807, 2.05) is 0 Å². The maximum atomic E-state index is 14.1. The van der Waals surface area contributed by atoms with Gasteiger partial charge in [0.15, 0.2) is 5.82 Å². The molecule has 0 aliphatic heterocycles. The van der Waals surface area contributed by atoms with E-state index in [0.29, 0.717) is 11.3 Å². The van der Waals surface area contributed by atoms with Gasteiger partial charge in [0.25, 0.3) is 0 Å². The molecule has 3 aromatic rings. The quantitative estimate of drug-likeness (QED) is 0.710. The fourth-order valence-electron chi connectivity index (χ4n) is 2.03. The normalized spacial score (nSPS) is 10.8. The third-order valence-electron chi connectivity index (χ3n) is 2.99. The van der Waals surface area contributed by atoms with Crippen molar-refractivity contribution in [1.29, 1.82) is 0 Å². The Balaban J connectivity index is 2.24. The van der Waals surface area contributed by atoms with Crippen molar-refractivity contribution in [3.05, 3.63) is 53.2 Å². The van der Waals surface area contributed by atoms with E-state index in [0.717, 1.165) is 12.1 Å². The first-order valence-corrected chi connectivity index (χ1v) is 6.36. The van der Waals surface area contributed by atoms with E-state index in [-0.39, 0.29) is 22.1 Å². The van der Waals surface area contributed by atoms with Crippen molar-refractivity contribution in [2.45, 2.75) is 0 Å². The summed E-state index contributed by atoms with van der Waals surface area (Å²) in [6.45, 7) is 0. The zero-order valence-corrected chi connectivity index (χ0v) is 11.3. The molecular formula is C14H9ClF2N4. The second-order valence-electron chi connectivity index (χ2n) is 4.32. The van der Waals surface area contributed by atoms with Crippen LogP contribution in [0.1, 0.15) is 0 Å². The van der Waals surface area contributed by atoms with Crippen LogP contribution in [0.2, 0.25) is 5.02 Å². The van der Waals surface area contributed by atoms with Gasteiger partial charge in [-0.3, -0.25) is 10.1 Å². The highest BCUT2D eigenvalue weighted by atomic mass is 35.5. The Kier molecular flexibility index (Phi) is 3.31. The van der Waals surface area contributed by atoms with E-state index in [1.165, 1.54) is 0 Å². The predicted octanol–water partition coefficient (Wildman–Crippen LogP) is 3.65. The number of benzene rings is 1. The lowest BCUT2D eigenvalue weighted by atomic mass is 10.0. The van der Waals surface area contributed by atoms with E-state index in [9.17, 15) is 8.78 Å². The number of nitrogens with one attached hydrogen (secondary N) is 1. The molecule has 0 fully saturated rings. The number of hydrogen-bond donors (Lipinski definition) is 2. The number of nitrogens with zero attached hydrogens (tertiary/aromatic N) is 2. The zero-order valence-electron chi connectivity index (χ0n) is 10.6. The Morgan fingerprint density at radius 2 is 1.95 bits per heavy atom. The molecule has 4 nitrogen and oxygen atoms in total. The number of nitrogen functional groups attached to an aromatic ring is 1. The minimum Gasteiger partial charge on any atom is -0.382 e. The van der Waals surface area contributed by atoms with Gasteiger partial charge in [-0.1, -0.05) is 17.7 Å². The lowest BCUT2D eigenvalue weighted by Gasteiger charge is -2.06. The fourth-order valence-corrected chi connectivity index (χ4v) is 2.19. The predicted molar refractivity (Wildman–Crippen MR) is 76.6 cm³/mol. The van der Waals surface area contributed by atoms with Crippen molar-refractivity contribution < 1.29 is 8.78 Å². The zero-order chi connectivity index (χ0) is 15.0. The smallest absolute Gasteiger partial charge is 0.155 e. The number of hydrogen-bond acceptors (Lipinski definition) is 3. The van der Waals surface area contributed by atoms with Crippen molar-refractivity contribution in [1.82, 2.24) is 15.2 Å². The van der Waals surface area contributed by atoms with Gasteiger partial charge in [-0.05, 0) is 24.3 Å². The fraction of sp³-hybridized carbons (Fsp3) is 0. The molecule has 0 saturated carbocycles. The Labute approximate surface area is 123 Å². The minimum absolute atomic E-state index is 0.0123. The first kappa shape index (κ1) is 13.5. The molecule has 0 bridgehead atoms. The second kappa shape index (κ2) is 5.14. The van der Waals surface area contributed by atoms with Crippen molar-refractivity contribution >= 4 is 17.4 Å². The molecule has 2 heterocycles.